The molecule has 0 saturated heterocycles. The Hall–Kier alpha value is -2.71. The van der Waals surface area contributed by atoms with E-state index in [4.69, 9.17) is 0 Å². The topological polar surface area (TPSA) is 63.9 Å². The number of rotatable bonds is 5. The van der Waals surface area contributed by atoms with E-state index in [1.54, 1.807) is 13.0 Å². The molecule has 0 aliphatic rings. The Labute approximate surface area is 130 Å². The molecule has 0 bridgehead atoms. The van der Waals surface area contributed by atoms with Gasteiger partial charge in [0.15, 0.2) is 0 Å². The van der Waals surface area contributed by atoms with Crippen molar-refractivity contribution in [2.75, 3.05) is 13.1 Å². The normalized spacial score (nSPS) is 11.3. The van der Waals surface area contributed by atoms with E-state index >= 15 is 0 Å². The molecule has 0 spiro atoms. The summed E-state index contributed by atoms with van der Waals surface area (Å²) in [4.78, 5) is 13.0. The van der Waals surface area contributed by atoms with Gasteiger partial charge in [0.05, 0.1) is 5.69 Å². The summed E-state index contributed by atoms with van der Waals surface area (Å²) in [7, 11) is 0. The molecule has 0 aliphatic heterocycles. The van der Waals surface area contributed by atoms with Crippen molar-refractivity contribution in [3.63, 3.8) is 0 Å². The molecule has 0 radical (unpaired) electrons. The average molecular weight is 325 g/mol. The molecule has 2 rings (SSSR count). The van der Waals surface area contributed by atoms with Crippen molar-refractivity contribution in [1.82, 2.24) is 25.1 Å². The lowest BCUT2D eigenvalue weighted by Gasteiger charge is -2.23. The molecule has 2 aromatic rings. The highest BCUT2D eigenvalue weighted by Crippen LogP contribution is 2.20. The van der Waals surface area contributed by atoms with Gasteiger partial charge >= 0.3 is 6.18 Å². The van der Waals surface area contributed by atoms with Crippen molar-refractivity contribution >= 4 is 5.91 Å². The third kappa shape index (κ3) is 4.15. The Kier molecular flexibility index (Phi) is 4.77. The molecule has 0 fully saturated rings. The largest absolute Gasteiger partial charge is 0.406 e. The summed E-state index contributed by atoms with van der Waals surface area (Å²) in [6.45, 7) is 3.59. The van der Waals surface area contributed by atoms with Crippen LogP contribution in [0.1, 0.15) is 15.9 Å². The van der Waals surface area contributed by atoms with Gasteiger partial charge in [0.25, 0.3) is 5.91 Å². The minimum atomic E-state index is -4.47. The Morgan fingerprint density at radius 3 is 2.70 bits per heavy atom. The summed E-state index contributed by atoms with van der Waals surface area (Å²) in [5.74, 6) is -0.714. The lowest BCUT2D eigenvalue weighted by molar-refractivity contribution is -0.139. The lowest BCUT2D eigenvalue weighted by Crippen LogP contribution is -2.39. The van der Waals surface area contributed by atoms with Crippen LogP contribution in [-0.2, 0) is 0 Å². The third-order valence-electron chi connectivity index (χ3n) is 3.05. The molecule has 1 amide bonds. The summed E-state index contributed by atoms with van der Waals surface area (Å²) in [5, 5.41) is 10.8. The first-order chi connectivity index (χ1) is 10.8. The molecular formula is C14H14F3N5O. The van der Waals surface area contributed by atoms with Gasteiger partial charge in [-0.15, -0.1) is 11.7 Å². The smallest absolute Gasteiger partial charge is 0.326 e. The minimum Gasteiger partial charge on any atom is -0.326 e. The van der Waals surface area contributed by atoms with Crippen LogP contribution < -0.4 is 0 Å². The van der Waals surface area contributed by atoms with Crippen molar-refractivity contribution in [3.05, 3.63) is 48.3 Å². The summed E-state index contributed by atoms with van der Waals surface area (Å²) >= 11 is 0. The van der Waals surface area contributed by atoms with E-state index in [-0.39, 0.29) is 12.1 Å². The first-order valence-corrected chi connectivity index (χ1v) is 6.63. The average Bonchev–Trinajstić information content (AvgIpc) is 2.98. The first-order valence-electron chi connectivity index (χ1n) is 6.63. The van der Waals surface area contributed by atoms with Crippen molar-refractivity contribution in [1.29, 1.82) is 0 Å². The number of aromatic nitrogens is 4. The molecule has 0 aliphatic carbocycles. The number of carbonyl (C=O) groups is 1. The second-order valence-corrected chi connectivity index (χ2v) is 4.85. The van der Waals surface area contributed by atoms with Crippen molar-refractivity contribution in [3.8, 4) is 5.69 Å². The fraction of sp³-hybridized carbons (Fsp3) is 0.286. The zero-order valence-corrected chi connectivity index (χ0v) is 12.3. The number of benzene rings is 1. The van der Waals surface area contributed by atoms with Gasteiger partial charge < -0.3 is 4.90 Å². The fourth-order valence-corrected chi connectivity index (χ4v) is 2.09. The van der Waals surface area contributed by atoms with Gasteiger partial charge in [-0.3, -0.25) is 4.79 Å². The zero-order chi connectivity index (χ0) is 17.0. The highest BCUT2D eigenvalue weighted by molar-refractivity contribution is 5.94. The highest BCUT2D eigenvalue weighted by Gasteiger charge is 2.32. The molecule has 0 unspecified atom stereocenters. The molecule has 23 heavy (non-hydrogen) atoms. The van der Waals surface area contributed by atoms with Crippen LogP contribution in [0.4, 0.5) is 13.2 Å². The molecular weight excluding hydrogens is 311 g/mol. The monoisotopic (exact) mass is 325 g/mol. The van der Waals surface area contributed by atoms with Crippen molar-refractivity contribution in [2.45, 2.75) is 13.1 Å². The predicted octanol–water partition coefficient (Wildman–Crippen LogP) is 2.16. The number of aryl methyl sites for hydroxylation is 1. The molecule has 0 N–H and O–H groups in total. The number of carbonyl (C=O) groups excluding carboxylic acids is 1. The minimum absolute atomic E-state index is 0.158. The maximum absolute atomic E-state index is 12.6. The molecule has 1 aromatic heterocycles. The summed E-state index contributed by atoms with van der Waals surface area (Å²) in [5.41, 5.74) is 1.46. The maximum Gasteiger partial charge on any atom is 0.406 e. The third-order valence-corrected chi connectivity index (χ3v) is 3.05. The summed E-state index contributed by atoms with van der Waals surface area (Å²) < 4.78 is 39.1. The Bertz CT molecular complexity index is 697. The Morgan fingerprint density at radius 2 is 2.17 bits per heavy atom. The van der Waals surface area contributed by atoms with Crippen LogP contribution in [0.5, 0.6) is 0 Å². The van der Waals surface area contributed by atoms with E-state index in [2.05, 4.69) is 22.1 Å². The van der Waals surface area contributed by atoms with Crippen LogP contribution in [0.2, 0.25) is 0 Å². The number of halogens is 3. The van der Waals surface area contributed by atoms with E-state index in [0.29, 0.717) is 16.2 Å². The van der Waals surface area contributed by atoms with Gasteiger partial charge in [-0.2, -0.15) is 13.2 Å². The predicted molar refractivity (Wildman–Crippen MR) is 76.0 cm³/mol. The van der Waals surface area contributed by atoms with Crippen LogP contribution in [0, 0.1) is 6.92 Å². The van der Waals surface area contributed by atoms with E-state index in [1.165, 1.54) is 29.2 Å². The van der Waals surface area contributed by atoms with Gasteiger partial charge in [-0.05, 0) is 41.1 Å². The van der Waals surface area contributed by atoms with Crippen LogP contribution >= 0.6 is 0 Å². The van der Waals surface area contributed by atoms with Crippen LogP contribution in [-0.4, -0.2) is 50.3 Å². The van der Waals surface area contributed by atoms with Gasteiger partial charge in [-0.25, -0.2) is 4.68 Å². The lowest BCUT2D eigenvalue weighted by atomic mass is 10.1. The number of hydrogen-bond donors (Lipinski definition) is 0. The number of nitrogens with zero attached hydrogens (tertiary/aromatic N) is 5. The Morgan fingerprint density at radius 1 is 1.43 bits per heavy atom. The van der Waals surface area contributed by atoms with E-state index in [1.807, 2.05) is 0 Å². The molecule has 0 saturated carbocycles. The molecule has 0 atom stereocenters. The van der Waals surface area contributed by atoms with Gasteiger partial charge in [0.1, 0.15) is 12.9 Å². The fourth-order valence-electron chi connectivity index (χ4n) is 2.09. The second kappa shape index (κ2) is 6.59. The van der Waals surface area contributed by atoms with Crippen molar-refractivity contribution < 1.29 is 18.0 Å². The van der Waals surface area contributed by atoms with E-state index < -0.39 is 18.6 Å². The highest BCUT2D eigenvalue weighted by atomic mass is 19.4. The van der Waals surface area contributed by atoms with E-state index in [0.717, 1.165) is 0 Å². The number of tetrazole rings is 1. The second-order valence-electron chi connectivity index (χ2n) is 4.85. The Balaban J connectivity index is 2.27. The van der Waals surface area contributed by atoms with Crippen LogP contribution in [0.15, 0.2) is 37.2 Å². The van der Waals surface area contributed by atoms with E-state index in [9.17, 15) is 18.0 Å². The van der Waals surface area contributed by atoms with Crippen LogP contribution in [0.3, 0.4) is 0 Å². The van der Waals surface area contributed by atoms with Gasteiger partial charge in [-0.1, -0.05) is 6.08 Å². The van der Waals surface area contributed by atoms with Crippen LogP contribution in [0.25, 0.3) is 5.69 Å². The number of alkyl halides is 3. The number of amides is 1. The van der Waals surface area contributed by atoms with Gasteiger partial charge in [0, 0.05) is 12.1 Å². The quantitative estimate of drug-likeness (QED) is 0.790. The number of hydrogen-bond acceptors (Lipinski definition) is 4. The zero-order valence-electron chi connectivity index (χ0n) is 12.3. The molecule has 122 valence electrons. The summed E-state index contributed by atoms with van der Waals surface area (Å²) in [6.07, 6.45) is -1.83. The van der Waals surface area contributed by atoms with Gasteiger partial charge in [0.2, 0.25) is 0 Å². The molecule has 9 heteroatoms. The standard InChI is InChI=1S/C14H14F3N5O/c1-3-6-21(8-14(15,16)17)13(23)11-4-5-12(10(2)7-11)22-9-18-19-20-22/h3-5,7,9H,1,6,8H2,2H3. The first kappa shape index (κ1) is 16.7. The van der Waals surface area contributed by atoms with Crippen molar-refractivity contribution in [2.24, 2.45) is 0 Å². The summed E-state index contributed by atoms with van der Waals surface area (Å²) in [6, 6.07) is 4.53. The molecule has 1 heterocycles. The SMILES string of the molecule is C=CCN(CC(F)(F)F)C(=O)c1ccc(-n2cnnn2)c(C)c1. The molecule has 1 aromatic carbocycles. The maximum atomic E-state index is 12.6. The molecule has 6 nitrogen and oxygen atoms in total.